The lowest BCUT2D eigenvalue weighted by Crippen LogP contribution is -2.12. The zero-order chi connectivity index (χ0) is 41.2. The molecule has 2 nitrogen and oxygen atoms in total. The summed E-state index contributed by atoms with van der Waals surface area (Å²) in [5.74, 6) is 0. The van der Waals surface area contributed by atoms with Crippen molar-refractivity contribution >= 4 is 38.9 Å². The zero-order valence-electron chi connectivity index (χ0n) is 34.1. The van der Waals surface area contributed by atoms with Crippen molar-refractivity contribution < 1.29 is 0 Å². The fourth-order valence-corrected chi connectivity index (χ4v) is 9.14. The van der Waals surface area contributed by atoms with Gasteiger partial charge in [-0.25, -0.2) is 0 Å². The predicted molar refractivity (Wildman–Crippen MR) is 263 cm³/mol. The van der Waals surface area contributed by atoms with E-state index in [0.29, 0.717) is 0 Å². The molecule has 0 aliphatic heterocycles. The van der Waals surface area contributed by atoms with E-state index in [2.05, 4.69) is 264 Å². The number of fused-ring (bicyclic) bond motifs is 3. The van der Waals surface area contributed by atoms with E-state index in [9.17, 15) is 0 Å². The second-order valence-electron chi connectivity index (χ2n) is 15.7. The van der Waals surface area contributed by atoms with E-state index in [4.69, 9.17) is 0 Å². The van der Waals surface area contributed by atoms with Gasteiger partial charge in [0.2, 0.25) is 0 Å². The SMILES string of the molecule is c1ccc(-c2ccc(N(c3cc(-c4ccccc4)ccc3-c3ccccc3)c3cccc4c3c3ccccc3n4-c3c(-c4ccccc4)cccc3-c3ccccc3)cc2)cc1. The molecule has 1 heterocycles. The van der Waals surface area contributed by atoms with Crippen molar-refractivity contribution in [3.63, 3.8) is 0 Å². The van der Waals surface area contributed by atoms with Gasteiger partial charge in [0.05, 0.1) is 28.1 Å². The van der Waals surface area contributed by atoms with Crippen LogP contribution in [0, 0.1) is 0 Å². The van der Waals surface area contributed by atoms with E-state index >= 15 is 0 Å². The van der Waals surface area contributed by atoms with Gasteiger partial charge in [0.25, 0.3) is 0 Å². The average Bonchev–Trinajstić information content (AvgIpc) is 3.70. The summed E-state index contributed by atoms with van der Waals surface area (Å²) in [7, 11) is 0. The van der Waals surface area contributed by atoms with Gasteiger partial charge in [-0.3, -0.25) is 0 Å². The minimum Gasteiger partial charge on any atom is -0.309 e. The lowest BCUT2D eigenvalue weighted by molar-refractivity contribution is 1.18. The third-order valence-corrected chi connectivity index (χ3v) is 12.0. The standard InChI is InChI=1S/C60H42N2/c1-6-20-43(21-7-1)45-36-39-50(40-37-45)61(58-42-49(44-22-8-2-9-23-44)38-41-51(58)46-24-10-3-11-25-46)56-34-19-35-57-59(56)54-30-16-17-33-55(54)62(57)60-52(47-26-12-4-13-27-47)31-18-32-53(60)48-28-14-5-15-29-48/h1-42H. The molecule has 2 heteroatoms. The van der Waals surface area contributed by atoms with Gasteiger partial charge in [0.15, 0.2) is 0 Å². The van der Waals surface area contributed by atoms with Gasteiger partial charge in [-0.15, -0.1) is 0 Å². The van der Waals surface area contributed by atoms with Crippen LogP contribution in [0.4, 0.5) is 17.1 Å². The molecule has 0 aliphatic rings. The fraction of sp³-hybridized carbons (Fsp3) is 0. The topological polar surface area (TPSA) is 8.17 Å². The number of para-hydroxylation sites is 2. The summed E-state index contributed by atoms with van der Waals surface area (Å²) < 4.78 is 2.51. The Bertz CT molecular complexity index is 3240. The Kier molecular flexibility index (Phi) is 9.57. The predicted octanol–water partition coefficient (Wildman–Crippen LogP) is 16.6. The molecule has 10 aromatic carbocycles. The largest absolute Gasteiger partial charge is 0.309 e. The highest BCUT2D eigenvalue weighted by Crippen LogP contribution is 2.49. The molecule has 11 rings (SSSR count). The third-order valence-electron chi connectivity index (χ3n) is 12.0. The molecule has 62 heavy (non-hydrogen) atoms. The zero-order valence-corrected chi connectivity index (χ0v) is 34.1. The molecular formula is C60H42N2. The molecule has 1 aromatic heterocycles. The van der Waals surface area contributed by atoms with Crippen molar-refractivity contribution in [1.29, 1.82) is 0 Å². The maximum absolute atomic E-state index is 2.51. The first kappa shape index (κ1) is 36.8. The van der Waals surface area contributed by atoms with Gasteiger partial charge in [-0.05, 0) is 75.3 Å². The number of hydrogen-bond acceptors (Lipinski definition) is 1. The van der Waals surface area contributed by atoms with E-state index in [1.165, 1.54) is 49.7 Å². The van der Waals surface area contributed by atoms with Crippen LogP contribution < -0.4 is 4.90 Å². The van der Waals surface area contributed by atoms with Crippen LogP contribution in [-0.4, -0.2) is 4.57 Å². The van der Waals surface area contributed by atoms with Crippen LogP contribution in [0.25, 0.3) is 83.1 Å². The number of hydrogen-bond donors (Lipinski definition) is 0. The summed E-state index contributed by atoms with van der Waals surface area (Å²) in [6.07, 6.45) is 0. The van der Waals surface area contributed by atoms with Gasteiger partial charge in [0.1, 0.15) is 0 Å². The summed E-state index contributed by atoms with van der Waals surface area (Å²) >= 11 is 0. The van der Waals surface area contributed by atoms with E-state index in [0.717, 1.165) is 50.5 Å². The number of nitrogens with zero attached hydrogens (tertiary/aromatic N) is 2. The molecule has 0 saturated heterocycles. The van der Waals surface area contributed by atoms with Crippen LogP contribution in [0.1, 0.15) is 0 Å². The maximum atomic E-state index is 2.51. The van der Waals surface area contributed by atoms with E-state index in [1.54, 1.807) is 0 Å². The normalized spacial score (nSPS) is 11.2. The van der Waals surface area contributed by atoms with Gasteiger partial charge in [-0.1, -0.05) is 218 Å². The summed E-state index contributed by atoms with van der Waals surface area (Å²) in [5, 5.41) is 2.37. The van der Waals surface area contributed by atoms with Crippen molar-refractivity contribution in [1.82, 2.24) is 4.57 Å². The fourth-order valence-electron chi connectivity index (χ4n) is 9.14. The van der Waals surface area contributed by atoms with Crippen molar-refractivity contribution in [2.24, 2.45) is 0 Å². The maximum Gasteiger partial charge on any atom is 0.0618 e. The Morgan fingerprint density at radius 1 is 0.274 bits per heavy atom. The number of benzene rings is 10. The van der Waals surface area contributed by atoms with Crippen LogP contribution in [0.5, 0.6) is 0 Å². The van der Waals surface area contributed by atoms with Crippen molar-refractivity contribution in [2.45, 2.75) is 0 Å². The Labute approximate surface area is 362 Å². The Hall–Kier alpha value is -8.20. The van der Waals surface area contributed by atoms with Crippen LogP contribution in [0.15, 0.2) is 255 Å². The van der Waals surface area contributed by atoms with Crippen molar-refractivity contribution in [2.75, 3.05) is 4.90 Å². The molecule has 0 N–H and O–H groups in total. The van der Waals surface area contributed by atoms with E-state index in [-0.39, 0.29) is 0 Å². The molecule has 0 radical (unpaired) electrons. The molecule has 0 fully saturated rings. The first-order chi connectivity index (χ1) is 30.8. The van der Waals surface area contributed by atoms with Crippen LogP contribution in [0.3, 0.4) is 0 Å². The Balaban J connectivity index is 1.24. The minimum atomic E-state index is 1.08. The van der Waals surface area contributed by atoms with Gasteiger partial charge in [-0.2, -0.15) is 0 Å². The highest BCUT2D eigenvalue weighted by Gasteiger charge is 2.26. The van der Waals surface area contributed by atoms with Gasteiger partial charge in [0, 0.05) is 33.2 Å². The van der Waals surface area contributed by atoms with E-state index in [1.807, 2.05) is 0 Å². The Morgan fingerprint density at radius 2 is 0.710 bits per heavy atom. The summed E-state index contributed by atoms with van der Waals surface area (Å²) in [5.41, 5.74) is 18.4. The second kappa shape index (κ2) is 16.1. The lowest BCUT2D eigenvalue weighted by Gasteiger charge is -2.29. The highest BCUT2D eigenvalue weighted by atomic mass is 15.2. The van der Waals surface area contributed by atoms with Gasteiger partial charge >= 0.3 is 0 Å². The summed E-state index contributed by atoms with van der Waals surface area (Å²) in [6.45, 7) is 0. The molecule has 0 bridgehead atoms. The number of anilines is 3. The smallest absolute Gasteiger partial charge is 0.0618 e. The molecule has 0 aliphatic carbocycles. The average molecular weight is 791 g/mol. The lowest BCUT2D eigenvalue weighted by atomic mass is 9.95. The van der Waals surface area contributed by atoms with Crippen molar-refractivity contribution in [3.8, 4) is 61.3 Å². The number of rotatable bonds is 9. The molecule has 0 unspecified atom stereocenters. The Morgan fingerprint density at radius 3 is 1.29 bits per heavy atom. The van der Waals surface area contributed by atoms with E-state index < -0.39 is 0 Å². The molecule has 0 spiro atoms. The molecule has 0 atom stereocenters. The summed E-state index contributed by atoms with van der Waals surface area (Å²) in [6, 6.07) is 92.2. The first-order valence-electron chi connectivity index (χ1n) is 21.3. The molecule has 11 aromatic rings. The van der Waals surface area contributed by atoms with Crippen LogP contribution >= 0.6 is 0 Å². The van der Waals surface area contributed by atoms with Crippen LogP contribution in [-0.2, 0) is 0 Å². The monoisotopic (exact) mass is 790 g/mol. The van der Waals surface area contributed by atoms with Crippen molar-refractivity contribution in [3.05, 3.63) is 255 Å². The van der Waals surface area contributed by atoms with Gasteiger partial charge < -0.3 is 9.47 Å². The van der Waals surface area contributed by atoms with Crippen LogP contribution in [0.2, 0.25) is 0 Å². The summed E-state index contributed by atoms with van der Waals surface area (Å²) in [4.78, 5) is 2.49. The highest BCUT2D eigenvalue weighted by molar-refractivity contribution is 6.18. The molecule has 292 valence electrons. The number of aromatic nitrogens is 1. The second-order valence-corrected chi connectivity index (χ2v) is 15.7. The molecule has 0 amide bonds. The quantitative estimate of drug-likeness (QED) is 0.141. The molecule has 0 saturated carbocycles. The minimum absolute atomic E-state index is 1.08. The third kappa shape index (κ3) is 6.65. The first-order valence-corrected chi connectivity index (χ1v) is 21.3. The molecular weight excluding hydrogens is 749 g/mol.